The average molecular weight is 358 g/mol. The van der Waals surface area contributed by atoms with Gasteiger partial charge < -0.3 is 5.32 Å². The smallest absolute Gasteiger partial charge is 0.234 e. The quantitative estimate of drug-likeness (QED) is 0.891. The molecule has 1 heterocycles. The molecule has 1 N–H and O–H groups in total. The van der Waals surface area contributed by atoms with E-state index in [1.165, 1.54) is 29.3 Å². The van der Waals surface area contributed by atoms with Crippen molar-refractivity contribution in [2.24, 2.45) is 0 Å². The predicted molar refractivity (Wildman–Crippen MR) is 98.0 cm³/mol. The van der Waals surface area contributed by atoms with E-state index in [2.05, 4.69) is 22.3 Å². The van der Waals surface area contributed by atoms with Gasteiger partial charge in [-0.05, 0) is 49.4 Å². The highest BCUT2D eigenvalue weighted by atomic mass is 19.1. The molecule has 0 aliphatic carbocycles. The van der Waals surface area contributed by atoms with Gasteiger partial charge in [-0.25, -0.2) is 8.78 Å². The Morgan fingerprint density at radius 1 is 1.04 bits per heavy atom. The van der Waals surface area contributed by atoms with E-state index in [1.54, 1.807) is 6.92 Å². The van der Waals surface area contributed by atoms with Gasteiger partial charge in [0.15, 0.2) is 0 Å². The van der Waals surface area contributed by atoms with Crippen LogP contribution >= 0.6 is 0 Å². The fourth-order valence-corrected chi connectivity index (χ4v) is 3.48. The highest BCUT2D eigenvalue weighted by molar-refractivity contribution is 5.78. The number of rotatable bonds is 5. The highest BCUT2D eigenvalue weighted by Crippen LogP contribution is 2.16. The number of hydrogen-bond donors (Lipinski definition) is 1. The molecule has 138 valence electrons. The third-order valence-corrected chi connectivity index (χ3v) is 4.86. The molecule has 1 aliphatic heterocycles. The largest absolute Gasteiger partial charge is 0.352 e. The maximum absolute atomic E-state index is 13.7. The number of fused-ring (bicyclic) bond motifs is 1. The molecule has 0 fully saturated rings. The lowest BCUT2D eigenvalue weighted by atomic mass is 10.0. The van der Waals surface area contributed by atoms with Gasteiger partial charge in [0.2, 0.25) is 5.91 Å². The van der Waals surface area contributed by atoms with E-state index in [0.717, 1.165) is 25.9 Å². The molecule has 1 aliphatic rings. The van der Waals surface area contributed by atoms with E-state index >= 15 is 0 Å². The minimum Gasteiger partial charge on any atom is -0.352 e. The maximum Gasteiger partial charge on any atom is 0.234 e. The van der Waals surface area contributed by atoms with Crippen LogP contribution in [0, 0.1) is 11.6 Å². The third kappa shape index (κ3) is 4.67. The van der Waals surface area contributed by atoms with Crippen molar-refractivity contribution in [1.82, 2.24) is 10.2 Å². The minimum atomic E-state index is -0.573. The van der Waals surface area contributed by atoms with Crippen molar-refractivity contribution in [2.45, 2.75) is 32.2 Å². The molecular weight excluding hydrogens is 334 g/mol. The van der Waals surface area contributed by atoms with Crippen LogP contribution in [0.25, 0.3) is 0 Å². The summed E-state index contributed by atoms with van der Waals surface area (Å²) >= 11 is 0. The normalized spacial score (nSPS) is 15.8. The van der Waals surface area contributed by atoms with Crippen molar-refractivity contribution < 1.29 is 13.6 Å². The lowest BCUT2D eigenvalue weighted by Gasteiger charge is -2.21. The van der Waals surface area contributed by atoms with Gasteiger partial charge in [0, 0.05) is 24.7 Å². The zero-order valence-electron chi connectivity index (χ0n) is 15.0. The van der Waals surface area contributed by atoms with Crippen LogP contribution in [0.3, 0.4) is 0 Å². The summed E-state index contributed by atoms with van der Waals surface area (Å²) in [5.41, 5.74) is 2.71. The first kappa shape index (κ1) is 18.5. The molecule has 3 nitrogen and oxygen atoms in total. The molecule has 3 rings (SSSR count). The van der Waals surface area contributed by atoms with Crippen LogP contribution in [0.4, 0.5) is 8.78 Å². The molecule has 0 aromatic heterocycles. The second-order valence-electron chi connectivity index (χ2n) is 6.92. The monoisotopic (exact) mass is 358 g/mol. The van der Waals surface area contributed by atoms with Gasteiger partial charge in [0.1, 0.15) is 11.6 Å². The van der Waals surface area contributed by atoms with Gasteiger partial charge in [-0.15, -0.1) is 0 Å². The van der Waals surface area contributed by atoms with Crippen molar-refractivity contribution in [2.75, 3.05) is 19.6 Å². The maximum atomic E-state index is 13.7. The van der Waals surface area contributed by atoms with Gasteiger partial charge in [0.25, 0.3) is 0 Å². The second-order valence-corrected chi connectivity index (χ2v) is 6.92. The molecular formula is C21H24F2N2O. The molecule has 2 aromatic carbocycles. The Kier molecular flexibility index (Phi) is 5.99. The summed E-state index contributed by atoms with van der Waals surface area (Å²) in [6, 6.07) is 11.9. The van der Waals surface area contributed by atoms with Crippen LogP contribution in [-0.4, -0.2) is 36.5 Å². The lowest BCUT2D eigenvalue weighted by molar-refractivity contribution is -0.122. The van der Waals surface area contributed by atoms with Gasteiger partial charge >= 0.3 is 0 Å². The molecule has 5 heteroatoms. The summed E-state index contributed by atoms with van der Waals surface area (Å²) in [7, 11) is 0. The van der Waals surface area contributed by atoms with E-state index in [9.17, 15) is 13.6 Å². The molecule has 0 bridgehead atoms. The van der Waals surface area contributed by atoms with Crippen LogP contribution in [0.1, 0.15) is 23.6 Å². The number of amides is 1. The minimum absolute atomic E-state index is 0.0190. The van der Waals surface area contributed by atoms with Crippen LogP contribution in [-0.2, 0) is 24.1 Å². The molecule has 0 saturated carbocycles. The van der Waals surface area contributed by atoms with Crippen molar-refractivity contribution in [3.63, 3.8) is 0 Å². The molecule has 1 atom stereocenters. The fraction of sp³-hybridized carbons (Fsp3) is 0.381. The number of halogens is 2. The number of benzene rings is 2. The first-order valence-electron chi connectivity index (χ1n) is 9.04. The van der Waals surface area contributed by atoms with Crippen molar-refractivity contribution in [3.05, 3.63) is 70.8 Å². The lowest BCUT2D eigenvalue weighted by Crippen LogP contribution is -2.42. The molecule has 26 heavy (non-hydrogen) atoms. The van der Waals surface area contributed by atoms with Gasteiger partial charge in [0.05, 0.1) is 6.54 Å². The van der Waals surface area contributed by atoms with Gasteiger partial charge in [-0.1, -0.05) is 30.3 Å². The SMILES string of the molecule is CC(Cc1c(F)cccc1F)NC(=O)CN1CCc2ccccc2CC1. The van der Waals surface area contributed by atoms with Crippen LogP contribution in [0.2, 0.25) is 0 Å². The second kappa shape index (κ2) is 8.41. The Labute approximate surface area is 153 Å². The summed E-state index contributed by atoms with van der Waals surface area (Å²) in [6.07, 6.45) is 1.99. The number of carbonyl (C=O) groups excluding carboxylic acids is 1. The molecule has 1 unspecified atom stereocenters. The Morgan fingerprint density at radius 3 is 2.19 bits per heavy atom. The Balaban J connectivity index is 1.51. The van der Waals surface area contributed by atoms with E-state index in [0.29, 0.717) is 6.54 Å². The average Bonchev–Trinajstić information content (AvgIpc) is 2.81. The van der Waals surface area contributed by atoms with Crippen LogP contribution in [0.15, 0.2) is 42.5 Å². The van der Waals surface area contributed by atoms with Crippen molar-refractivity contribution in [1.29, 1.82) is 0 Å². The third-order valence-electron chi connectivity index (χ3n) is 4.86. The molecule has 1 amide bonds. The van der Waals surface area contributed by atoms with Crippen molar-refractivity contribution >= 4 is 5.91 Å². The summed E-state index contributed by atoms with van der Waals surface area (Å²) in [5.74, 6) is -1.26. The number of nitrogens with zero attached hydrogens (tertiary/aromatic N) is 1. The predicted octanol–water partition coefficient (Wildman–Crippen LogP) is 3.11. The zero-order valence-corrected chi connectivity index (χ0v) is 15.0. The standard InChI is InChI=1S/C21H24F2N2O/c1-15(13-18-19(22)7-4-8-20(18)23)24-21(26)14-25-11-9-16-5-2-3-6-17(16)10-12-25/h2-8,15H,9-14H2,1H3,(H,24,26). The highest BCUT2D eigenvalue weighted by Gasteiger charge is 2.18. The molecule has 0 radical (unpaired) electrons. The summed E-state index contributed by atoms with van der Waals surface area (Å²) in [6.45, 7) is 3.74. The Morgan fingerprint density at radius 2 is 1.62 bits per heavy atom. The first-order valence-corrected chi connectivity index (χ1v) is 9.04. The number of hydrogen-bond acceptors (Lipinski definition) is 2. The fourth-order valence-electron chi connectivity index (χ4n) is 3.48. The van der Waals surface area contributed by atoms with Crippen molar-refractivity contribution in [3.8, 4) is 0 Å². The first-order chi connectivity index (χ1) is 12.5. The zero-order chi connectivity index (χ0) is 18.5. The molecule has 2 aromatic rings. The van der Waals surface area contributed by atoms with Crippen LogP contribution in [0.5, 0.6) is 0 Å². The Hall–Kier alpha value is -2.27. The van der Waals surface area contributed by atoms with E-state index < -0.39 is 11.6 Å². The number of carbonyl (C=O) groups is 1. The number of nitrogens with one attached hydrogen (secondary N) is 1. The topological polar surface area (TPSA) is 32.3 Å². The molecule has 0 spiro atoms. The summed E-state index contributed by atoms with van der Waals surface area (Å²) in [5, 5.41) is 2.86. The Bertz CT molecular complexity index is 731. The molecule has 0 saturated heterocycles. The summed E-state index contributed by atoms with van der Waals surface area (Å²) < 4.78 is 27.5. The van der Waals surface area contributed by atoms with E-state index in [4.69, 9.17) is 0 Å². The summed E-state index contributed by atoms with van der Waals surface area (Å²) in [4.78, 5) is 14.5. The van der Waals surface area contributed by atoms with E-state index in [-0.39, 0.29) is 23.9 Å². The van der Waals surface area contributed by atoms with Gasteiger partial charge in [-0.3, -0.25) is 9.69 Å². The van der Waals surface area contributed by atoms with Gasteiger partial charge in [-0.2, -0.15) is 0 Å². The van der Waals surface area contributed by atoms with Crippen LogP contribution < -0.4 is 5.32 Å². The van der Waals surface area contributed by atoms with E-state index in [1.807, 2.05) is 12.1 Å².